The molecule has 1 N–H and O–H groups in total. The lowest BCUT2D eigenvalue weighted by Gasteiger charge is -2.15. The van der Waals surface area contributed by atoms with Crippen molar-refractivity contribution >= 4 is 11.7 Å². The first kappa shape index (κ1) is 21.3. The zero-order valence-corrected chi connectivity index (χ0v) is 15.6. The summed E-state index contributed by atoms with van der Waals surface area (Å²) >= 11 is 0. The van der Waals surface area contributed by atoms with Crippen LogP contribution >= 0.6 is 0 Å². The van der Waals surface area contributed by atoms with Crippen molar-refractivity contribution in [1.82, 2.24) is 15.3 Å². The number of Topliss-reactive ketones (excluding diaryl/α,β-unsaturated/α-hetero) is 1. The fraction of sp³-hybridized carbons (Fsp3) is 0.368. The molecule has 0 aliphatic carbocycles. The molecule has 1 aromatic carbocycles. The van der Waals surface area contributed by atoms with Gasteiger partial charge in [0.15, 0.2) is 6.61 Å². The van der Waals surface area contributed by atoms with Crippen molar-refractivity contribution in [1.29, 1.82) is 0 Å². The van der Waals surface area contributed by atoms with E-state index in [4.69, 9.17) is 0 Å². The Labute approximate surface area is 160 Å². The van der Waals surface area contributed by atoms with Crippen molar-refractivity contribution in [2.45, 2.75) is 39.4 Å². The summed E-state index contributed by atoms with van der Waals surface area (Å²) in [4.78, 5) is 32.0. The molecule has 1 aromatic heterocycles. The molecule has 0 spiro atoms. The van der Waals surface area contributed by atoms with Crippen LogP contribution in [-0.4, -0.2) is 34.4 Å². The van der Waals surface area contributed by atoms with E-state index in [2.05, 4.69) is 20.0 Å². The van der Waals surface area contributed by atoms with Gasteiger partial charge in [0.2, 0.25) is 0 Å². The van der Waals surface area contributed by atoms with E-state index in [1.807, 2.05) is 0 Å². The van der Waals surface area contributed by atoms with Crippen LogP contribution in [0.5, 0.6) is 5.75 Å². The Morgan fingerprint density at radius 3 is 2.39 bits per heavy atom. The predicted octanol–water partition coefficient (Wildman–Crippen LogP) is 3.35. The third-order valence-corrected chi connectivity index (χ3v) is 3.67. The molecular formula is C19H20F3N3O3. The van der Waals surface area contributed by atoms with Crippen LogP contribution < -0.4 is 10.1 Å². The van der Waals surface area contributed by atoms with Crippen LogP contribution in [0.15, 0.2) is 30.3 Å². The van der Waals surface area contributed by atoms with Crippen LogP contribution in [0.25, 0.3) is 0 Å². The maximum atomic E-state index is 12.5. The number of carbonyl (C=O) groups is 2. The minimum absolute atomic E-state index is 0.0386. The quantitative estimate of drug-likeness (QED) is 0.778. The lowest BCUT2D eigenvalue weighted by atomic mass is 10.1. The summed E-state index contributed by atoms with van der Waals surface area (Å²) in [5, 5.41) is 2.76. The minimum Gasteiger partial charge on any atom is -0.484 e. The predicted molar refractivity (Wildman–Crippen MR) is 95.0 cm³/mol. The third kappa shape index (κ3) is 6.64. The highest BCUT2D eigenvalue weighted by Crippen LogP contribution is 2.21. The average Bonchev–Trinajstić information content (AvgIpc) is 2.58. The molecule has 0 aliphatic heterocycles. The maximum absolute atomic E-state index is 12.5. The van der Waals surface area contributed by atoms with Crippen molar-refractivity contribution in [3.8, 4) is 5.75 Å². The van der Waals surface area contributed by atoms with Gasteiger partial charge in [0.05, 0.1) is 12.5 Å². The van der Waals surface area contributed by atoms with E-state index in [1.54, 1.807) is 26.0 Å². The monoisotopic (exact) mass is 395 g/mol. The molecule has 150 valence electrons. The number of carbonyl (C=O) groups excluding carboxylic acids is 2. The van der Waals surface area contributed by atoms with Crippen LogP contribution in [0.4, 0.5) is 13.2 Å². The van der Waals surface area contributed by atoms with E-state index in [1.165, 1.54) is 25.1 Å². The fourth-order valence-electron chi connectivity index (χ4n) is 2.42. The molecule has 6 nitrogen and oxygen atoms in total. The molecular weight excluding hydrogens is 375 g/mol. The van der Waals surface area contributed by atoms with Crippen LogP contribution in [-0.2, 0) is 11.2 Å². The molecule has 0 saturated heterocycles. The summed E-state index contributed by atoms with van der Waals surface area (Å²) in [7, 11) is 0. The first-order chi connectivity index (χ1) is 13.0. The second-order valence-corrected chi connectivity index (χ2v) is 6.36. The molecule has 1 heterocycles. The number of benzene rings is 1. The summed E-state index contributed by atoms with van der Waals surface area (Å²) in [6.45, 7) is 3.48. The van der Waals surface area contributed by atoms with Gasteiger partial charge in [-0.3, -0.25) is 9.59 Å². The lowest BCUT2D eigenvalue weighted by Crippen LogP contribution is -2.28. The number of amides is 1. The number of ketones is 1. The van der Waals surface area contributed by atoms with Gasteiger partial charge in [-0.2, -0.15) is 13.2 Å². The van der Waals surface area contributed by atoms with Gasteiger partial charge in [-0.15, -0.1) is 0 Å². The summed E-state index contributed by atoms with van der Waals surface area (Å²) in [5.41, 5.74) is 1.39. The van der Waals surface area contributed by atoms with Gasteiger partial charge >= 0.3 is 6.18 Å². The molecule has 28 heavy (non-hydrogen) atoms. The van der Waals surface area contributed by atoms with Crippen molar-refractivity contribution in [3.05, 3.63) is 53.1 Å². The van der Waals surface area contributed by atoms with E-state index in [9.17, 15) is 22.8 Å². The summed E-state index contributed by atoms with van der Waals surface area (Å²) in [6, 6.07) is 7.05. The Bertz CT molecular complexity index is 852. The zero-order valence-electron chi connectivity index (χ0n) is 15.6. The molecule has 0 aliphatic rings. The minimum atomic E-state index is -4.41. The number of nitrogens with one attached hydrogen (secondary N) is 1. The number of halogens is 3. The number of ether oxygens (including phenoxy) is 1. The number of rotatable bonds is 7. The van der Waals surface area contributed by atoms with E-state index in [-0.39, 0.29) is 29.5 Å². The number of alkyl halides is 3. The summed E-state index contributed by atoms with van der Waals surface area (Å²) in [5.74, 6) is -0.199. The van der Waals surface area contributed by atoms with Gasteiger partial charge in [-0.25, -0.2) is 9.97 Å². The topological polar surface area (TPSA) is 81.2 Å². The van der Waals surface area contributed by atoms with Gasteiger partial charge < -0.3 is 10.1 Å². The first-order valence-electron chi connectivity index (χ1n) is 8.48. The number of nitrogens with zero attached hydrogens (tertiary/aromatic N) is 2. The van der Waals surface area contributed by atoms with Crippen molar-refractivity contribution in [3.63, 3.8) is 0 Å². The SMILES string of the molecule is CC(=O)Cc1nc(C)cc(C(=O)NC(C)c2ccc(OCC(F)(F)F)cc2)n1. The van der Waals surface area contributed by atoms with E-state index >= 15 is 0 Å². The van der Waals surface area contributed by atoms with Crippen molar-refractivity contribution in [2.24, 2.45) is 0 Å². The number of hydrogen-bond acceptors (Lipinski definition) is 5. The Hall–Kier alpha value is -2.97. The second kappa shape index (κ2) is 8.81. The van der Waals surface area contributed by atoms with E-state index in [0.717, 1.165) is 0 Å². The highest BCUT2D eigenvalue weighted by atomic mass is 19.4. The standard InChI is InChI=1S/C19H20F3N3O3/c1-11-8-16(25-17(23-11)9-12(2)26)18(27)24-13(3)14-4-6-15(7-5-14)28-10-19(20,21)22/h4-8,13H,9-10H2,1-3H3,(H,24,27). The van der Waals surface area contributed by atoms with Crippen LogP contribution in [0, 0.1) is 6.92 Å². The summed E-state index contributed by atoms with van der Waals surface area (Å²) < 4.78 is 41.2. The van der Waals surface area contributed by atoms with Crippen LogP contribution in [0.2, 0.25) is 0 Å². The number of hydrogen-bond donors (Lipinski definition) is 1. The largest absolute Gasteiger partial charge is 0.484 e. The van der Waals surface area contributed by atoms with Crippen molar-refractivity contribution < 1.29 is 27.5 Å². The smallest absolute Gasteiger partial charge is 0.422 e. The second-order valence-electron chi connectivity index (χ2n) is 6.36. The summed E-state index contributed by atoms with van der Waals surface area (Å²) in [6.07, 6.45) is -4.37. The van der Waals surface area contributed by atoms with E-state index < -0.39 is 24.7 Å². The Kier molecular flexibility index (Phi) is 6.71. The van der Waals surface area contributed by atoms with Gasteiger partial charge in [-0.1, -0.05) is 12.1 Å². The molecule has 0 fully saturated rings. The fourth-order valence-corrected chi connectivity index (χ4v) is 2.42. The van der Waals surface area contributed by atoms with Crippen LogP contribution in [0.1, 0.15) is 47.5 Å². The maximum Gasteiger partial charge on any atom is 0.422 e. The number of aromatic nitrogens is 2. The van der Waals surface area contributed by atoms with Crippen LogP contribution in [0.3, 0.4) is 0 Å². The molecule has 0 radical (unpaired) electrons. The lowest BCUT2D eigenvalue weighted by molar-refractivity contribution is -0.153. The zero-order chi connectivity index (χ0) is 20.9. The Balaban J connectivity index is 2.04. The van der Waals surface area contributed by atoms with Gasteiger partial charge in [0.25, 0.3) is 5.91 Å². The highest BCUT2D eigenvalue weighted by Gasteiger charge is 2.28. The average molecular weight is 395 g/mol. The molecule has 2 aromatic rings. The molecule has 1 atom stereocenters. The van der Waals surface area contributed by atoms with Gasteiger partial charge in [0, 0.05) is 5.69 Å². The molecule has 1 unspecified atom stereocenters. The molecule has 9 heteroatoms. The van der Waals surface area contributed by atoms with Crippen molar-refractivity contribution in [2.75, 3.05) is 6.61 Å². The molecule has 0 saturated carbocycles. The first-order valence-corrected chi connectivity index (χ1v) is 8.48. The van der Waals surface area contributed by atoms with E-state index in [0.29, 0.717) is 11.3 Å². The highest BCUT2D eigenvalue weighted by molar-refractivity contribution is 5.92. The molecule has 1 amide bonds. The molecule has 0 bridgehead atoms. The third-order valence-electron chi connectivity index (χ3n) is 3.67. The van der Waals surface area contributed by atoms with Gasteiger partial charge in [-0.05, 0) is 44.5 Å². The normalized spacial score (nSPS) is 12.4. The van der Waals surface area contributed by atoms with Gasteiger partial charge in [0.1, 0.15) is 23.1 Å². The molecule has 2 rings (SSSR count). The Morgan fingerprint density at radius 2 is 1.82 bits per heavy atom. The number of aryl methyl sites for hydroxylation is 1. The Morgan fingerprint density at radius 1 is 1.18 bits per heavy atom.